The zero-order chi connectivity index (χ0) is 11.0. The van der Waals surface area contributed by atoms with Crippen molar-refractivity contribution in [2.75, 3.05) is 6.61 Å². The monoisotopic (exact) mass is 223 g/mol. The second-order valence-electron chi connectivity index (χ2n) is 3.76. The Bertz CT molecular complexity index is 502. The maximum absolute atomic E-state index is 9.04. The molecule has 3 heteroatoms. The summed E-state index contributed by atoms with van der Waals surface area (Å²) >= 11 is 5.98. The highest BCUT2D eigenvalue weighted by Gasteiger charge is 2.11. The highest BCUT2D eigenvalue weighted by Crippen LogP contribution is 2.27. The molecule has 2 rings (SSSR count). The predicted octanol–water partition coefficient (Wildman–Crippen LogP) is 2.67. The fourth-order valence-corrected chi connectivity index (χ4v) is 2.22. The summed E-state index contributed by atoms with van der Waals surface area (Å²) in [5, 5.41) is 10.9. The fraction of sp³-hybridized carbons (Fsp3) is 0.333. The summed E-state index contributed by atoms with van der Waals surface area (Å²) in [6.07, 6.45) is 0.684. The largest absolute Gasteiger partial charge is 0.396 e. The van der Waals surface area contributed by atoms with Gasteiger partial charge >= 0.3 is 0 Å². The number of aliphatic hydroxyl groups is 1. The van der Waals surface area contributed by atoms with E-state index >= 15 is 0 Å². The van der Waals surface area contributed by atoms with E-state index in [-0.39, 0.29) is 6.61 Å². The third-order valence-corrected chi connectivity index (χ3v) is 3.18. The molecule has 1 aromatic carbocycles. The summed E-state index contributed by atoms with van der Waals surface area (Å²) in [6.45, 7) is 2.24. The molecule has 0 unspecified atom stereocenters. The molecule has 0 aliphatic carbocycles. The van der Waals surface area contributed by atoms with E-state index in [1.54, 1.807) is 0 Å². The van der Waals surface area contributed by atoms with Gasteiger partial charge in [0.05, 0.1) is 0 Å². The lowest BCUT2D eigenvalue weighted by molar-refractivity contribution is 0.299. The van der Waals surface area contributed by atoms with Crippen LogP contribution in [0.3, 0.4) is 0 Å². The van der Waals surface area contributed by atoms with Gasteiger partial charge in [0, 0.05) is 35.3 Å². The number of halogens is 1. The first-order chi connectivity index (χ1) is 7.15. The van der Waals surface area contributed by atoms with E-state index in [1.165, 1.54) is 16.8 Å². The molecule has 0 radical (unpaired) electrons. The molecule has 0 bridgehead atoms. The van der Waals surface area contributed by atoms with E-state index in [0.717, 1.165) is 10.4 Å². The van der Waals surface area contributed by atoms with Crippen molar-refractivity contribution in [3.63, 3.8) is 0 Å². The molecule has 1 N–H and O–H groups in total. The van der Waals surface area contributed by atoms with Crippen LogP contribution in [-0.4, -0.2) is 16.3 Å². The summed E-state index contributed by atoms with van der Waals surface area (Å²) in [5.41, 5.74) is 3.55. The number of benzene rings is 1. The molecule has 0 spiro atoms. The van der Waals surface area contributed by atoms with Crippen LogP contribution in [0.15, 0.2) is 18.2 Å². The molecular weight excluding hydrogens is 210 g/mol. The molecule has 80 valence electrons. The molecule has 2 aromatic rings. The highest BCUT2D eigenvalue weighted by atomic mass is 35.5. The molecule has 0 saturated carbocycles. The van der Waals surface area contributed by atoms with Gasteiger partial charge in [0.2, 0.25) is 0 Å². The number of nitrogens with zero attached hydrogens (tertiary/aromatic N) is 1. The highest BCUT2D eigenvalue weighted by molar-refractivity contribution is 6.31. The lowest BCUT2D eigenvalue weighted by atomic mass is 10.1. The average molecular weight is 224 g/mol. The van der Waals surface area contributed by atoms with Crippen molar-refractivity contribution < 1.29 is 5.11 Å². The van der Waals surface area contributed by atoms with Gasteiger partial charge < -0.3 is 9.67 Å². The van der Waals surface area contributed by atoms with E-state index in [0.29, 0.717) is 6.42 Å². The average Bonchev–Trinajstić information content (AvgIpc) is 2.44. The first kappa shape index (κ1) is 10.5. The smallest absolute Gasteiger partial charge is 0.0483 e. The second-order valence-corrected chi connectivity index (χ2v) is 4.19. The number of aliphatic hydroxyl groups excluding tert-OH is 1. The van der Waals surface area contributed by atoms with Crippen LogP contribution in [0.25, 0.3) is 10.9 Å². The normalized spacial score (nSPS) is 11.2. The number of aryl methyl sites for hydroxylation is 1. The Labute approximate surface area is 94.1 Å². The SMILES string of the molecule is Cc1c(CCO)c2cc(Cl)ccc2n1C. The first-order valence-corrected chi connectivity index (χ1v) is 5.37. The maximum Gasteiger partial charge on any atom is 0.0483 e. The Kier molecular flexibility index (Phi) is 2.72. The van der Waals surface area contributed by atoms with Gasteiger partial charge in [-0.2, -0.15) is 0 Å². The molecule has 0 aliphatic heterocycles. The molecule has 1 heterocycles. The van der Waals surface area contributed by atoms with Crippen molar-refractivity contribution in [1.29, 1.82) is 0 Å². The number of hydrogen-bond acceptors (Lipinski definition) is 1. The zero-order valence-corrected chi connectivity index (χ0v) is 9.67. The molecular formula is C12H14ClNO. The number of rotatable bonds is 2. The lowest BCUT2D eigenvalue weighted by Gasteiger charge is -1.99. The summed E-state index contributed by atoms with van der Waals surface area (Å²) in [6, 6.07) is 5.88. The van der Waals surface area contributed by atoms with Gasteiger partial charge in [0.1, 0.15) is 0 Å². The number of aromatic nitrogens is 1. The van der Waals surface area contributed by atoms with E-state index < -0.39 is 0 Å². The predicted molar refractivity (Wildman–Crippen MR) is 63.5 cm³/mol. The fourth-order valence-electron chi connectivity index (χ4n) is 2.05. The van der Waals surface area contributed by atoms with Crippen LogP contribution in [0.5, 0.6) is 0 Å². The topological polar surface area (TPSA) is 25.2 Å². The minimum atomic E-state index is 0.173. The van der Waals surface area contributed by atoms with E-state index in [2.05, 4.69) is 11.5 Å². The standard InChI is InChI=1S/C12H14ClNO/c1-8-10(5-6-15)11-7-9(13)3-4-12(11)14(8)2/h3-4,7,15H,5-6H2,1-2H3. The Morgan fingerprint density at radius 1 is 1.40 bits per heavy atom. The molecule has 0 fully saturated rings. The van der Waals surface area contributed by atoms with Gasteiger partial charge in [-0.3, -0.25) is 0 Å². The molecule has 0 amide bonds. The lowest BCUT2D eigenvalue weighted by Crippen LogP contribution is -1.95. The van der Waals surface area contributed by atoms with Crippen LogP contribution in [-0.2, 0) is 13.5 Å². The van der Waals surface area contributed by atoms with Gasteiger partial charge in [0.15, 0.2) is 0 Å². The van der Waals surface area contributed by atoms with Crippen LogP contribution < -0.4 is 0 Å². The first-order valence-electron chi connectivity index (χ1n) is 4.99. The van der Waals surface area contributed by atoms with Crippen LogP contribution in [0, 0.1) is 6.92 Å². The van der Waals surface area contributed by atoms with Crippen LogP contribution in [0.4, 0.5) is 0 Å². The second kappa shape index (κ2) is 3.87. The van der Waals surface area contributed by atoms with Crippen LogP contribution in [0.2, 0.25) is 5.02 Å². The van der Waals surface area contributed by atoms with Gasteiger partial charge in [-0.05, 0) is 37.1 Å². The third-order valence-electron chi connectivity index (χ3n) is 2.95. The minimum Gasteiger partial charge on any atom is -0.396 e. The van der Waals surface area contributed by atoms with Gasteiger partial charge in [-0.1, -0.05) is 11.6 Å². The molecule has 2 nitrogen and oxygen atoms in total. The Balaban J connectivity index is 2.76. The van der Waals surface area contributed by atoms with Crippen molar-refractivity contribution in [1.82, 2.24) is 4.57 Å². The van der Waals surface area contributed by atoms with Gasteiger partial charge in [0.25, 0.3) is 0 Å². The summed E-state index contributed by atoms with van der Waals surface area (Å²) in [7, 11) is 2.03. The van der Waals surface area contributed by atoms with Crippen LogP contribution >= 0.6 is 11.6 Å². The molecule has 0 aliphatic rings. The Morgan fingerprint density at radius 3 is 2.80 bits per heavy atom. The van der Waals surface area contributed by atoms with Crippen molar-refractivity contribution >= 4 is 22.5 Å². The molecule has 15 heavy (non-hydrogen) atoms. The summed E-state index contributed by atoms with van der Waals surface area (Å²) < 4.78 is 2.14. The summed E-state index contributed by atoms with van der Waals surface area (Å²) in [5.74, 6) is 0. The zero-order valence-electron chi connectivity index (χ0n) is 8.92. The van der Waals surface area contributed by atoms with Crippen molar-refractivity contribution in [3.8, 4) is 0 Å². The van der Waals surface area contributed by atoms with Crippen molar-refractivity contribution in [2.45, 2.75) is 13.3 Å². The Hall–Kier alpha value is -0.990. The van der Waals surface area contributed by atoms with Crippen LogP contribution in [0.1, 0.15) is 11.3 Å². The maximum atomic E-state index is 9.04. The van der Waals surface area contributed by atoms with E-state index in [9.17, 15) is 0 Å². The molecule has 1 aromatic heterocycles. The third kappa shape index (κ3) is 1.64. The van der Waals surface area contributed by atoms with E-state index in [4.69, 9.17) is 16.7 Å². The number of hydrogen-bond donors (Lipinski definition) is 1. The Morgan fingerprint density at radius 2 is 2.13 bits per heavy atom. The molecule has 0 saturated heterocycles. The van der Waals surface area contributed by atoms with Crippen molar-refractivity contribution in [2.24, 2.45) is 7.05 Å². The minimum absolute atomic E-state index is 0.173. The summed E-state index contributed by atoms with van der Waals surface area (Å²) in [4.78, 5) is 0. The quantitative estimate of drug-likeness (QED) is 0.832. The van der Waals surface area contributed by atoms with Gasteiger partial charge in [-0.15, -0.1) is 0 Å². The number of fused-ring (bicyclic) bond motifs is 1. The van der Waals surface area contributed by atoms with Gasteiger partial charge in [-0.25, -0.2) is 0 Å². The molecule has 0 atom stereocenters. The van der Waals surface area contributed by atoms with Crippen molar-refractivity contribution in [3.05, 3.63) is 34.5 Å². The van der Waals surface area contributed by atoms with E-state index in [1.807, 2.05) is 25.2 Å².